The third-order valence-electron chi connectivity index (χ3n) is 6.21. The summed E-state index contributed by atoms with van der Waals surface area (Å²) in [7, 11) is -1.34. The number of ether oxygens (including phenoxy) is 2. The van der Waals surface area contributed by atoms with Gasteiger partial charge in [-0.1, -0.05) is 40.2 Å². The van der Waals surface area contributed by atoms with E-state index >= 15 is 0 Å². The first-order chi connectivity index (χ1) is 19.3. The molecule has 0 heterocycles. The normalized spacial score (nSPS) is 12.3. The van der Waals surface area contributed by atoms with Gasteiger partial charge in [0.1, 0.15) is 24.1 Å². The molecular weight excluding hydrogens is 610 g/mol. The molecule has 0 saturated heterocycles. The van der Waals surface area contributed by atoms with Crippen LogP contribution in [0.1, 0.15) is 33.3 Å². The van der Waals surface area contributed by atoms with Crippen LogP contribution >= 0.6 is 15.9 Å². The smallest absolute Gasteiger partial charge is 0.264 e. The number of rotatable bonds is 11. The number of hydrogen-bond acceptors (Lipinski definition) is 6. The second-order valence-electron chi connectivity index (χ2n) is 10.4. The molecule has 0 aromatic heterocycles. The summed E-state index contributed by atoms with van der Waals surface area (Å²) in [6, 6.07) is 18.9. The number of carbonyl (C=O) groups is 2. The van der Waals surface area contributed by atoms with E-state index in [1.807, 2.05) is 45.0 Å². The van der Waals surface area contributed by atoms with Crippen LogP contribution < -0.4 is 19.1 Å². The Balaban J connectivity index is 2.07. The zero-order valence-corrected chi connectivity index (χ0v) is 26.5. The van der Waals surface area contributed by atoms with Crippen LogP contribution in [0, 0.1) is 0 Å². The van der Waals surface area contributed by atoms with Gasteiger partial charge in [0.05, 0.1) is 24.8 Å². The summed E-state index contributed by atoms with van der Waals surface area (Å²) in [4.78, 5) is 28.6. The number of amides is 2. The lowest BCUT2D eigenvalue weighted by Gasteiger charge is -2.33. The van der Waals surface area contributed by atoms with Gasteiger partial charge in [-0.05, 0) is 81.8 Å². The molecule has 0 radical (unpaired) electrons. The van der Waals surface area contributed by atoms with E-state index in [9.17, 15) is 18.0 Å². The van der Waals surface area contributed by atoms with Crippen molar-refractivity contribution in [1.82, 2.24) is 10.2 Å². The van der Waals surface area contributed by atoms with E-state index in [-0.39, 0.29) is 28.8 Å². The van der Waals surface area contributed by atoms with Gasteiger partial charge in [0.15, 0.2) is 0 Å². The summed E-state index contributed by atoms with van der Waals surface area (Å²) in [6.07, 6.45) is 0. The molecule has 9 nitrogen and oxygen atoms in total. The van der Waals surface area contributed by atoms with Gasteiger partial charge in [0.2, 0.25) is 11.8 Å². The molecule has 0 bridgehead atoms. The number of methoxy groups -OCH3 is 2. The van der Waals surface area contributed by atoms with Gasteiger partial charge >= 0.3 is 0 Å². The highest BCUT2D eigenvalue weighted by Gasteiger charge is 2.34. The predicted molar refractivity (Wildman–Crippen MR) is 163 cm³/mol. The van der Waals surface area contributed by atoms with Crippen LogP contribution in [0.25, 0.3) is 0 Å². The molecule has 0 spiro atoms. The van der Waals surface area contributed by atoms with E-state index in [2.05, 4.69) is 21.2 Å². The second kappa shape index (κ2) is 13.4. The Kier molecular flexibility index (Phi) is 10.4. The van der Waals surface area contributed by atoms with Gasteiger partial charge in [-0.2, -0.15) is 0 Å². The lowest BCUT2D eigenvalue weighted by molar-refractivity contribution is -0.140. The van der Waals surface area contributed by atoms with Gasteiger partial charge in [0.25, 0.3) is 10.0 Å². The summed E-state index contributed by atoms with van der Waals surface area (Å²) in [5.74, 6) is -0.157. The standard InChI is InChI=1S/C30H36BrN3O6S/c1-21(29(36)32-30(2,3)4)33(19-22-11-13-23(31)14-12-22)28(35)20-34(26-9-7-8-10-27(26)40-6)41(37,38)25-17-15-24(39-5)16-18-25/h7-18,21H,19-20H2,1-6H3,(H,32,36)/t21-/m0/s1. The minimum atomic E-state index is -4.25. The number of carbonyl (C=O) groups excluding carboxylic acids is 2. The lowest BCUT2D eigenvalue weighted by atomic mass is 10.1. The molecule has 0 aliphatic rings. The molecule has 2 amide bonds. The van der Waals surface area contributed by atoms with Gasteiger partial charge in [0, 0.05) is 16.6 Å². The molecule has 0 aliphatic carbocycles. The Hall–Kier alpha value is -3.57. The number of hydrogen-bond donors (Lipinski definition) is 1. The van der Waals surface area contributed by atoms with Crippen LogP contribution in [-0.2, 0) is 26.2 Å². The van der Waals surface area contributed by atoms with Crippen LogP contribution in [0.4, 0.5) is 5.69 Å². The number of sulfonamides is 1. The highest BCUT2D eigenvalue weighted by Crippen LogP contribution is 2.33. The second-order valence-corrected chi connectivity index (χ2v) is 13.2. The van der Waals surface area contributed by atoms with E-state index in [0.29, 0.717) is 5.75 Å². The van der Waals surface area contributed by atoms with Crippen molar-refractivity contribution in [2.45, 2.75) is 50.7 Å². The van der Waals surface area contributed by atoms with Crippen molar-refractivity contribution >= 4 is 43.5 Å². The Labute approximate surface area is 250 Å². The molecule has 0 fully saturated rings. The van der Waals surface area contributed by atoms with E-state index in [4.69, 9.17) is 9.47 Å². The zero-order chi connectivity index (χ0) is 30.4. The summed E-state index contributed by atoms with van der Waals surface area (Å²) in [5, 5.41) is 2.92. The van der Waals surface area contributed by atoms with Crippen LogP contribution in [0.3, 0.4) is 0 Å². The largest absolute Gasteiger partial charge is 0.497 e. The number of para-hydroxylation sites is 2. The fourth-order valence-corrected chi connectivity index (χ4v) is 5.76. The number of anilines is 1. The lowest BCUT2D eigenvalue weighted by Crippen LogP contribution is -2.54. The SMILES string of the molecule is COc1ccc(S(=O)(=O)N(CC(=O)N(Cc2ccc(Br)cc2)[C@@H](C)C(=O)NC(C)(C)C)c2ccccc2OC)cc1. The Morgan fingerprint density at radius 2 is 1.54 bits per heavy atom. The number of nitrogens with one attached hydrogen (secondary N) is 1. The molecule has 0 aliphatic heterocycles. The highest BCUT2D eigenvalue weighted by molar-refractivity contribution is 9.10. The van der Waals surface area contributed by atoms with Crippen LogP contribution in [0.15, 0.2) is 82.2 Å². The van der Waals surface area contributed by atoms with Crippen molar-refractivity contribution in [3.8, 4) is 11.5 Å². The molecule has 11 heteroatoms. The van der Waals surface area contributed by atoms with Crippen molar-refractivity contribution in [1.29, 1.82) is 0 Å². The van der Waals surface area contributed by atoms with E-state index in [0.717, 1.165) is 14.3 Å². The van der Waals surface area contributed by atoms with Crippen molar-refractivity contribution in [2.24, 2.45) is 0 Å². The topological polar surface area (TPSA) is 105 Å². The molecule has 220 valence electrons. The summed E-state index contributed by atoms with van der Waals surface area (Å²) in [6.45, 7) is 6.70. The molecule has 3 aromatic carbocycles. The Morgan fingerprint density at radius 1 is 0.927 bits per heavy atom. The van der Waals surface area contributed by atoms with Gasteiger partial charge < -0.3 is 19.7 Å². The monoisotopic (exact) mass is 645 g/mol. The molecule has 1 atom stereocenters. The molecule has 3 aromatic rings. The van der Waals surface area contributed by atoms with Crippen LogP contribution in [0.5, 0.6) is 11.5 Å². The Morgan fingerprint density at radius 3 is 2.10 bits per heavy atom. The molecule has 0 saturated carbocycles. The summed E-state index contributed by atoms with van der Waals surface area (Å²) in [5.41, 5.74) is 0.437. The maximum atomic E-state index is 14.1. The quantitative estimate of drug-likeness (QED) is 0.315. The van der Waals surface area contributed by atoms with Gasteiger partial charge in [-0.3, -0.25) is 13.9 Å². The first-order valence-corrected chi connectivity index (χ1v) is 15.2. The Bertz CT molecular complexity index is 1450. The van der Waals surface area contributed by atoms with Crippen molar-refractivity contribution < 1.29 is 27.5 Å². The average molecular weight is 647 g/mol. The number of nitrogens with zero attached hydrogens (tertiary/aromatic N) is 2. The van der Waals surface area contributed by atoms with Crippen molar-refractivity contribution in [3.63, 3.8) is 0 Å². The first kappa shape index (κ1) is 32.0. The summed E-state index contributed by atoms with van der Waals surface area (Å²) >= 11 is 3.41. The number of halogens is 1. The average Bonchev–Trinajstić information content (AvgIpc) is 2.94. The molecule has 0 unspecified atom stereocenters. The summed E-state index contributed by atoms with van der Waals surface area (Å²) < 4.78 is 40.6. The maximum absolute atomic E-state index is 14.1. The van der Waals surface area contributed by atoms with Crippen molar-refractivity contribution in [3.05, 3.63) is 82.8 Å². The van der Waals surface area contributed by atoms with E-state index in [1.54, 1.807) is 31.2 Å². The first-order valence-electron chi connectivity index (χ1n) is 12.9. The van der Waals surface area contributed by atoms with Gasteiger partial charge in [-0.15, -0.1) is 0 Å². The fourth-order valence-electron chi connectivity index (χ4n) is 4.07. The third-order valence-corrected chi connectivity index (χ3v) is 8.51. The van der Waals surface area contributed by atoms with E-state index in [1.165, 1.54) is 43.4 Å². The minimum absolute atomic E-state index is 0.0324. The third kappa shape index (κ3) is 8.23. The van der Waals surface area contributed by atoms with Crippen LogP contribution in [-0.4, -0.2) is 57.5 Å². The molecule has 1 N–H and O–H groups in total. The number of benzene rings is 3. The molecule has 3 rings (SSSR count). The molecule has 41 heavy (non-hydrogen) atoms. The van der Waals surface area contributed by atoms with E-state index < -0.39 is 34.1 Å². The predicted octanol–water partition coefficient (Wildman–Crippen LogP) is 4.99. The molecular formula is C30H36BrN3O6S. The van der Waals surface area contributed by atoms with Crippen LogP contribution in [0.2, 0.25) is 0 Å². The fraction of sp³-hybridized carbons (Fsp3) is 0.333. The van der Waals surface area contributed by atoms with Crippen molar-refractivity contribution in [2.75, 3.05) is 25.1 Å². The van der Waals surface area contributed by atoms with Gasteiger partial charge in [-0.25, -0.2) is 8.42 Å². The highest BCUT2D eigenvalue weighted by atomic mass is 79.9. The maximum Gasteiger partial charge on any atom is 0.264 e. The minimum Gasteiger partial charge on any atom is -0.497 e. The zero-order valence-electron chi connectivity index (χ0n) is 24.0.